The van der Waals surface area contributed by atoms with Crippen molar-refractivity contribution in [3.05, 3.63) is 65.2 Å². The van der Waals surface area contributed by atoms with Gasteiger partial charge in [0.15, 0.2) is 0 Å². The number of amides is 1. The third-order valence-electron chi connectivity index (χ3n) is 10.5. The predicted molar refractivity (Wildman–Crippen MR) is 132 cm³/mol. The molecule has 5 aliphatic rings. The number of rotatable bonds is 4. The number of likely N-dealkylation sites (N-methyl/N-ethyl adjacent to an activating group) is 1. The number of phenolic OH excluding ortho intramolecular Hbond substituents is 1. The van der Waals surface area contributed by atoms with Gasteiger partial charge in [0.1, 0.15) is 5.75 Å². The average Bonchev–Trinajstić information content (AvgIpc) is 3.30. The zero-order valence-electron chi connectivity index (χ0n) is 20.0. The van der Waals surface area contributed by atoms with Gasteiger partial charge in [0.2, 0.25) is 0 Å². The first kappa shape index (κ1) is 21.0. The number of carbonyl (C=O) groups is 1. The van der Waals surface area contributed by atoms with Crippen LogP contribution in [-0.4, -0.2) is 66.1 Å². The monoisotopic (exact) mass is 457 g/mol. The fourth-order valence-electron chi connectivity index (χ4n) is 9.60. The third kappa shape index (κ3) is 2.50. The van der Waals surface area contributed by atoms with Crippen LogP contribution in [0.5, 0.6) is 5.75 Å². The quantitative estimate of drug-likeness (QED) is 0.739. The Morgan fingerprint density at radius 3 is 2.85 bits per heavy atom. The summed E-state index contributed by atoms with van der Waals surface area (Å²) >= 11 is 0. The summed E-state index contributed by atoms with van der Waals surface area (Å²) in [7, 11) is 2.05. The van der Waals surface area contributed by atoms with Gasteiger partial charge in [-0.15, -0.1) is 0 Å². The van der Waals surface area contributed by atoms with Crippen molar-refractivity contribution in [2.24, 2.45) is 17.3 Å². The molecule has 2 heterocycles. The zero-order chi connectivity index (χ0) is 23.1. The van der Waals surface area contributed by atoms with Crippen LogP contribution < -0.4 is 5.32 Å². The molecule has 2 saturated carbocycles. The third-order valence-corrected chi connectivity index (χ3v) is 10.5. The molecular weight excluding hydrogens is 422 g/mol. The van der Waals surface area contributed by atoms with Crippen molar-refractivity contribution in [3.8, 4) is 5.75 Å². The maximum Gasteiger partial charge on any atom is 0.254 e. The van der Waals surface area contributed by atoms with E-state index in [1.807, 2.05) is 36.4 Å². The minimum absolute atomic E-state index is 0.0828. The Morgan fingerprint density at radius 2 is 2.03 bits per heavy atom. The largest absolute Gasteiger partial charge is 0.508 e. The number of fused-ring (bicyclic) bond motifs is 1. The molecule has 5 nitrogen and oxygen atoms in total. The van der Waals surface area contributed by atoms with Gasteiger partial charge in [0.25, 0.3) is 5.91 Å². The second-order valence-corrected chi connectivity index (χ2v) is 11.5. The molecule has 0 aromatic heterocycles. The highest BCUT2D eigenvalue weighted by molar-refractivity contribution is 5.94. The van der Waals surface area contributed by atoms with Crippen LogP contribution >= 0.6 is 0 Å². The molecule has 5 heteroatoms. The first-order chi connectivity index (χ1) is 16.6. The summed E-state index contributed by atoms with van der Waals surface area (Å²) in [5.41, 5.74) is 4.02. The van der Waals surface area contributed by atoms with E-state index >= 15 is 0 Å². The number of hydrogen-bond donors (Lipinski definition) is 2. The first-order valence-corrected chi connectivity index (χ1v) is 13.2. The fourth-order valence-corrected chi connectivity index (χ4v) is 9.60. The molecule has 4 bridgehead atoms. The average molecular weight is 458 g/mol. The van der Waals surface area contributed by atoms with Gasteiger partial charge in [0.05, 0.1) is 0 Å². The zero-order valence-corrected chi connectivity index (χ0v) is 20.0. The summed E-state index contributed by atoms with van der Waals surface area (Å²) in [5, 5.41) is 14.0. The van der Waals surface area contributed by atoms with Gasteiger partial charge in [-0.3, -0.25) is 9.69 Å². The molecule has 178 valence electrons. The molecule has 2 saturated heterocycles. The molecule has 1 amide bonds. The molecule has 4 fully saturated rings. The molecule has 6 atom stereocenters. The Morgan fingerprint density at radius 1 is 1.18 bits per heavy atom. The van der Waals surface area contributed by atoms with Gasteiger partial charge in [-0.2, -0.15) is 0 Å². The molecule has 7 rings (SSSR count). The second kappa shape index (κ2) is 7.32. The topological polar surface area (TPSA) is 55.8 Å². The van der Waals surface area contributed by atoms with Crippen molar-refractivity contribution in [2.45, 2.75) is 49.6 Å². The highest BCUT2D eigenvalue weighted by Crippen LogP contribution is 2.75. The van der Waals surface area contributed by atoms with E-state index in [4.69, 9.17) is 0 Å². The molecule has 0 spiro atoms. The smallest absolute Gasteiger partial charge is 0.254 e. The lowest BCUT2D eigenvalue weighted by atomic mass is 9.43. The molecule has 2 N–H and O–H groups in total. The second-order valence-electron chi connectivity index (χ2n) is 11.5. The van der Waals surface area contributed by atoms with E-state index < -0.39 is 0 Å². The van der Waals surface area contributed by atoms with Crippen molar-refractivity contribution in [2.75, 3.05) is 33.2 Å². The highest BCUT2D eigenvalue weighted by atomic mass is 16.3. The number of aromatic hydroxyl groups is 1. The molecule has 2 aliphatic heterocycles. The maximum absolute atomic E-state index is 13.6. The maximum atomic E-state index is 13.6. The number of nitrogens with zero attached hydrogens (tertiary/aromatic N) is 2. The minimum atomic E-state index is 0.0828. The number of phenols is 1. The standard InChI is InChI=1S/C29H35N3O2/c1-30-12-14-31-13-11-29-23-16-22(33)8-7-20(23)15-25(31)28(29)10-9-24-26(29)21(17-28)18-32(24)27(34)19-5-3-2-4-6-19/h2-8,16,21,24-26,30,33H,9-15,17-18H2,1H3/t21-,24?,25?,26?,28?,29?/m1/s1. The van der Waals surface area contributed by atoms with Crippen LogP contribution in [0.15, 0.2) is 48.5 Å². The predicted octanol–water partition coefficient (Wildman–Crippen LogP) is 3.42. The van der Waals surface area contributed by atoms with E-state index in [0.29, 0.717) is 29.7 Å². The number of likely N-dealkylation sites (tertiary alicyclic amines) is 2. The SMILES string of the molecule is CNCCN1CCC23c4cc(O)ccc4CC1C21CCC2C3[C@@H](CN2C(=O)c2ccccc2)C1. The molecule has 34 heavy (non-hydrogen) atoms. The van der Waals surface area contributed by atoms with E-state index in [2.05, 4.69) is 34.3 Å². The van der Waals surface area contributed by atoms with Gasteiger partial charge in [0, 0.05) is 42.7 Å². The van der Waals surface area contributed by atoms with Crippen LogP contribution in [-0.2, 0) is 11.8 Å². The number of piperidine rings is 1. The number of carbonyl (C=O) groups excluding carboxylic acids is 1. The molecule has 2 aromatic rings. The Bertz CT molecular complexity index is 1140. The van der Waals surface area contributed by atoms with Crippen molar-refractivity contribution >= 4 is 5.91 Å². The minimum Gasteiger partial charge on any atom is -0.508 e. The van der Waals surface area contributed by atoms with E-state index in [9.17, 15) is 9.90 Å². The highest BCUT2D eigenvalue weighted by Gasteiger charge is 2.76. The summed E-state index contributed by atoms with van der Waals surface area (Å²) in [6, 6.07) is 16.9. The normalized spacial score (nSPS) is 37.4. The van der Waals surface area contributed by atoms with Crippen molar-refractivity contribution in [1.82, 2.24) is 15.1 Å². The summed E-state index contributed by atoms with van der Waals surface area (Å²) in [6.07, 6.45) is 5.78. The number of nitrogens with one attached hydrogen (secondary N) is 1. The van der Waals surface area contributed by atoms with Crippen LogP contribution in [0.4, 0.5) is 0 Å². The lowest BCUT2D eigenvalue weighted by Crippen LogP contribution is -2.70. The van der Waals surface area contributed by atoms with Gasteiger partial charge < -0.3 is 15.3 Å². The van der Waals surface area contributed by atoms with Crippen LogP contribution in [0, 0.1) is 17.3 Å². The lowest BCUT2D eigenvalue weighted by molar-refractivity contribution is -0.100. The van der Waals surface area contributed by atoms with Crippen molar-refractivity contribution in [3.63, 3.8) is 0 Å². The van der Waals surface area contributed by atoms with Crippen LogP contribution in [0.2, 0.25) is 0 Å². The summed E-state index contributed by atoms with van der Waals surface area (Å²) < 4.78 is 0. The Hall–Kier alpha value is -2.37. The fraction of sp³-hybridized carbons (Fsp3) is 0.552. The molecular formula is C29H35N3O2. The Kier molecular flexibility index (Phi) is 4.51. The lowest BCUT2D eigenvalue weighted by Gasteiger charge is -2.66. The van der Waals surface area contributed by atoms with Crippen LogP contribution in [0.3, 0.4) is 0 Å². The van der Waals surface area contributed by atoms with E-state index in [1.165, 1.54) is 24.0 Å². The van der Waals surface area contributed by atoms with Gasteiger partial charge in [-0.1, -0.05) is 24.3 Å². The molecule has 2 aromatic carbocycles. The number of benzene rings is 2. The summed E-state index contributed by atoms with van der Waals surface area (Å²) in [5.74, 6) is 1.66. The first-order valence-electron chi connectivity index (χ1n) is 13.2. The number of hydrogen-bond acceptors (Lipinski definition) is 4. The summed E-state index contributed by atoms with van der Waals surface area (Å²) in [4.78, 5) is 18.6. The Labute approximate surface area is 202 Å². The van der Waals surface area contributed by atoms with Crippen molar-refractivity contribution in [1.29, 1.82) is 0 Å². The van der Waals surface area contributed by atoms with Crippen LogP contribution in [0.1, 0.15) is 47.2 Å². The van der Waals surface area contributed by atoms with E-state index in [-0.39, 0.29) is 16.7 Å². The van der Waals surface area contributed by atoms with Gasteiger partial charge in [-0.05, 0) is 98.3 Å². The van der Waals surface area contributed by atoms with E-state index in [1.54, 1.807) is 0 Å². The van der Waals surface area contributed by atoms with E-state index in [0.717, 1.165) is 51.0 Å². The van der Waals surface area contributed by atoms with Crippen molar-refractivity contribution < 1.29 is 9.90 Å². The molecule has 5 unspecified atom stereocenters. The Balaban J connectivity index is 1.34. The van der Waals surface area contributed by atoms with Crippen LogP contribution in [0.25, 0.3) is 0 Å². The van der Waals surface area contributed by atoms with Gasteiger partial charge in [-0.25, -0.2) is 0 Å². The molecule has 3 aliphatic carbocycles. The van der Waals surface area contributed by atoms with Gasteiger partial charge >= 0.3 is 0 Å². The summed E-state index contributed by atoms with van der Waals surface area (Å²) in [6.45, 7) is 4.14. The molecule has 0 radical (unpaired) electrons.